The van der Waals surface area contributed by atoms with E-state index in [1.54, 1.807) is 47.3 Å². The summed E-state index contributed by atoms with van der Waals surface area (Å²) in [5, 5.41) is 22.1. The second-order valence-electron chi connectivity index (χ2n) is 6.89. The van der Waals surface area contributed by atoms with Crippen LogP contribution >= 0.6 is 22.6 Å². The molecule has 0 saturated carbocycles. The van der Waals surface area contributed by atoms with Gasteiger partial charge in [0.05, 0.1) is 26.7 Å². The Morgan fingerprint density at radius 1 is 0.935 bits per heavy atom. The third-order valence-corrected chi connectivity index (χ3v) is 5.63. The van der Waals surface area contributed by atoms with Crippen LogP contribution in [0, 0.1) is 9.39 Å². The Labute approximate surface area is 190 Å². The first-order valence-corrected chi connectivity index (χ1v) is 10.5. The number of hydrogen-bond acceptors (Lipinski definition) is 5. The number of aromatic nitrogens is 4. The van der Waals surface area contributed by atoms with Crippen molar-refractivity contribution in [3.05, 3.63) is 88.4 Å². The Balaban J connectivity index is 1.47. The van der Waals surface area contributed by atoms with Gasteiger partial charge in [-0.3, -0.25) is 0 Å². The third-order valence-electron chi connectivity index (χ3n) is 4.80. The molecule has 0 fully saturated rings. The average Bonchev–Trinajstić information content (AvgIpc) is 3.27. The number of nitrogens with one attached hydrogen (secondary N) is 1. The van der Waals surface area contributed by atoms with E-state index in [1.165, 1.54) is 6.07 Å². The van der Waals surface area contributed by atoms with Crippen LogP contribution in [0.1, 0.15) is 0 Å². The number of hydrogen-bond donors (Lipinski definition) is 2. The highest BCUT2D eigenvalue weighted by atomic mass is 127. The minimum absolute atomic E-state index is 0.194. The van der Waals surface area contributed by atoms with Crippen LogP contribution in [-0.2, 0) is 0 Å². The van der Waals surface area contributed by atoms with Crippen molar-refractivity contribution < 1.29 is 9.50 Å². The molecule has 2 N–H and O–H groups in total. The lowest BCUT2D eigenvalue weighted by molar-refractivity contribution is 0.475. The number of pyridine rings is 1. The molecule has 5 aromatic rings. The van der Waals surface area contributed by atoms with Gasteiger partial charge in [-0.15, -0.1) is 5.10 Å². The smallest absolute Gasteiger partial charge is 0.136 e. The Bertz CT molecular complexity index is 1400. The Hall–Kier alpha value is -3.53. The van der Waals surface area contributed by atoms with Crippen LogP contribution in [0.2, 0.25) is 0 Å². The second-order valence-corrected chi connectivity index (χ2v) is 8.05. The SMILES string of the molecule is Oc1ccc(-n2cc(-c3ccc4c(Nc5ccc(F)c(I)c5)cccc4n3)nn2)cc1. The van der Waals surface area contributed by atoms with Crippen molar-refractivity contribution in [3.63, 3.8) is 0 Å². The van der Waals surface area contributed by atoms with E-state index in [9.17, 15) is 9.50 Å². The van der Waals surface area contributed by atoms with E-state index in [0.29, 0.717) is 15.0 Å². The van der Waals surface area contributed by atoms with Crippen molar-refractivity contribution in [2.75, 3.05) is 5.32 Å². The van der Waals surface area contributed by atoms with E-state index in [1.807, 2.05) is 52.9 Å². The van der Waals surface area contributed by atoms with Gasteiger partial charge in [0.1, 0.15) is 17.3 Å². The number of phenols is 1. The second kappa shape index (κ2) is 7.95. The molecule has 0 radical (unpaired) electrons. The number of fused-ring (bicyclic) bond motifs is 1. The highest BCUT2D eigenvalue weighted by Gasteiger charge is 2.10. The van der Waals surface area contributed by atoms with E-state index in [2.05, 4.69) is 15.6 Å². The topological polar surface area (TPSA) is 75.9 Å². The van der Waals surface area contributed by atoms with Crippen LogP contribution in [0.4, 0.5) is 15.8 Å². The summed E-state index contributed by atoms with van der Waals surface area (Å²) in [7, 11) is 0. The van der Waals surface area contributed by atoms with Crippen LogP contribution in [-0.4, -0.2) is 25.1 Å². The largest absolute Gasteiger partial charge is 0.508 e. The molecule has 152 valence electrons. The number of benzene rings is 3. The summed E-state index contributed by atoms with van der Waals surface area (Å²) in [4.78, 5) is 4.74. The molecule has 2 heterocycles. The summed E-state index contributed by atoms with van der Waals surface area (Å²) in [5.74, 6) is -0.0456. The normalized spacial score (nSPS) is 11.0. The van der Waals surface area contributed by atoms with Gasteiger partial charge in [-0.25, -0.2) is 14.1 Å². The van der Waals surface area contributed by atoms with Crippen molar-refractivity contribution >= 4 is 44.9 Å². The lowest BCUT2D eigenvalue weighted by atomic mass is 10.1. The van der Waals surface area contributed by atoms with Gasteiger partial charge in [0.2, 0.25) is 0 Å². The fraction of sp³-hybridized carbons (Fsp3) is 0. The molecule has 31 heavy (non-hydrogen) atoms. The van der Waals surface area contributed by atoms with Crippen LogP contribution in [0.3, 0.4) is 0 Å². The number of rotatable bonds is 4. The standard InChI is InChI=1S/C23H15FIN5O/c24-18-10-4-14(12-19(18)25)26-20-2-1-3-21-17(20)9-11-22(27-21)23-13-30(29-28-23)15-5-7-16(31)8-6-15/h1-13,26,31H. The van der Waals surface area contributed by atoms with Crippen LogP contribution in [0.5, 0.6) is 5.75 Å². The van der Waals surface area contributed by atoms with Gasteiger partial charge in [0.15, 0.2) is 0 Å². The minimum Gasteiger partial charge on any atom is -0.508 e. The highest BCUT2D eigenvalue weighted by molar-refractivity contribution is 14.1. The van der Waals surface area contributed by atoms with Crippen LogP contribution in [0.25, 0.3) is 28.0 Å². The fourth-order valence-electron chi connectivity index (χ4n) is 3.25. The lowest BCUT2D eigenvalue weighted by Crippen LogP contribution is -1.94. The van der Waals surface area contributed by atoms with Crippen molar-refractivity contribution in [1.82, 2.24) is 20.0 Å². The molecule has 0 saturated heterocycles. The Morgan fingerprint density at radius 3 is 2.58 bits per heavy atom. The van der Waals surface area contributed by atoms with Crippen molar-refractivity contribution in [2.24, 2.45) is 0 Å². The van der Waals surface area contributed by atoms with E-state index in [0.717, 1.165) is 28.0 Å². The molecule has 0 aliphatic carbocycles. The zero-order valence-corrected chi connectivity index (χ0v) is 18.2. The lowest BCUT2D eigenvalue weighted by Gasteiger charge is -2.10. The molecule has 5 rings (SSSR count). The van der Waals surface area contributed by atoms with Gasteiger partial charge in [-0.1, -0.05) is 11.3 Å². The Morgan fingerprint density at radius 2 is 1.77 bits per heavy atom. The third kappa shape index (κ3) is 3.93. The first-order valence-electron chi connectivity index (χ1n) is 9.41. The first kappa shape index (κ1) is 19.4. The summed E-state index contributed by atoms with van der Waals surface area (Å²) in [6.07, 6.45) is 1.79. The predicted octanol–water partition coefficient (Wildman–Crippen LogP) is 5.68. The summed E-state index contributed by atoms with van der Waals surface area (Å²) < 4.78 is 15.7. The number of halogens is 2. The molecular weight excluding hydrogens is 508 g/mol. The zero-order chi connectivity index (χ0) is 21.4. The quantitative estimate of drug-likeness (QED) is 0.297. The summed E-state index contributed by atoms with van der Waals surface area (Å²) in [6, 6.07) is 21.3. The fourth-order valence-corrected chi connectivity index (χ4v) is 3.76. The number of phenolic OH excluding ortho intramolecular Hbond substituents is 1. The van der Waals surface area contributed by atoms with E-state index in [4.69, 9.17) is 4.98 Å². The summed E-state index contributed by atoms with van der Waals surface area (Å²) >= 11 is 1.97. The van der Waals surface area contributed by atoms with Gasteiger partial charge in [-0.05, 0) is 89.3 Å². The molecule has 0 atom stereocenters. The monoisotopic (exact) mass is 523 g/mol. The van der Waals surface area contributed by atoms with E-state index < -0.39 is 0 Å². The van der Waals surface area contributed by atoms with Gasteiger partial charge in [0, 0.05) is 16.8 Å². The maximum atomic E-state index is 13.6. The zero-order valence-electron chi connectivity index (χ0n) is 16.0. The molecule has 0 aliphatic heterocycles. The van der Waals surface area contributed by atoms with E-state index in [-0.39, 0.29) is 11.6 Å². The molecule has 0 amide bonds. The van der Waals surface area contributed by atoms with Crippen molar-refractivity contribution in [3.8, 4) is 22.8 Å². The molecule has 3 aromatic carbocycles. The first-order chi connectivity index (χ1) is 15.1. The predicted molar refractivity (Wildman–Crippen MR) is 126 cm³/mol. The summed E-state index contributed by atoms with van der Waals surface area (Å²) in [6.45, 7) is 0. The van der Waals surface area contributed by atoms with Crippen molar-refractivity contribution in [2.45, 2.75) is 0 Å². The molecule has 8 heteroatoms. The number of anilines is 2. The van der Waals surface area contributed by atoms with Gasteiger partial charge >= 0.3 is 0 Å². The van der Waals surface area contributed by atoms with Crippen molar-refractivity contribution in [1.29, 1.82) is 0 Å². The highest BCUT2D eigenvalue weighted by Crippen LogP contribution is 2.29. The average molecular weight is 523 g/mol. The molecule has 2 aromatic heterocycles. The minimum atomic E-state index is -0.240. The maximum Gasteiger partial charge on any atom is 0.136 e. The van der Waals surface area contributed by atoms with Gasteiger partial charge < -0.3 is 10.4 Å². The molecule has 0 bridgehead atoms. The number of nitrogens with zero attached hydrogens (tertiary/aromatic N) is 4. The molecule has 0 unspecified atom stereocenters. The van der Waals surface area contributed by atoms with Crippen LogP contribution < -0.4 is 5.32 Å². The molecule has 0 aliphatic rings. The summed E-state index contributed by atoms with van der Waals surface area (Å²) in [5.41, 5.74) is 4.62. The van der Waals surface area contributed by atoms with E-state index >= 15 is 0 Å². The Kier molecular flexibility index (Phi) is 4.99. The number of aromatic hydroxyl groups is 1. The maximum absolute atomic E-state index is 13.6. The van der Waals surface area contributed by atoms with Gasteiger partial charge in [-0.2, -0.15) is 0 Å². The molecular formula is C23H15FIN5O. The van der Waals surface area contributed by atoms with Gasteiger partial charge in [0.25, 0.3) is 0 Å². The van der Waals surface area contributed by atoms with Crippen LogP contribution in [0.15, 0.2) is 79.0 Å². The molecule has 6 nitrogen and oxygen atoms in total. The molecule has 0 spiro atoms.